The molecule has 1 unspecified atom stereocenters. The summed E-state index contributed by atoms with van der Waals surface area (Å²) in [5.74, 6) is -0.285. The Morgan fingerprint density at radius 3 is 2.52 bits per heavy atom. The van der Waals surface area contributed by atoms with Crippen LogP contribution in [-0.2, 0) is 0 Å². The van der Waals surface area contributed by atoms with Crippen molar-refractivity contribution in [2.45, 2.75) is 13.0 Å². The molecule has 0 spiro atoms. The average Bonchev–Trinajstić information content (AvgIpc) is 2.96. The lowest BCUT2D eigenvalue weighted by atomic mass is 10.2. The minimum atomic E-state index is -0.485. The van der Waals surface area contributed by atoms with Gasteiger partial charge in [0, 0.05) is 30.2 Å². The summed E-state index contributed by atoms with van der Waals surface area (Å²) < 4.78 is 0. The Bertz CT molecular complexity index is 666. The van der Waals surface area contributed by atoms with E-state index in [0.29, 0.717) is 16.4 Å². The van der Waals surface area contributed by atoms with E-state index in [1.54, 1.807) is 19.4 Å². The number of non-ortho nitro benzene ring substituents is 1. The Hall–Kier alpha value is -2.32. The van der Waals surface area contributed by atoms with E-state index in [4.69, 9.17) is 5.73 Å². The topological polar surface area (TPSA) is 102 Å². The van der Waals surface area contributed by atoms with E-state index in [1.807, 2.05) is 0 Å². The van der Waals surface area contributed by atoms with Crippen molar-refractivity contribution in [3.8, 4) is 0 Å². The van der Waals surface area contributed by atoms with E-state index in [2.05, 4.69) is 4.98 Å². The van der Waals surface area contributed by atoms with Gasteiger partial charge in [0.25, 0.3) is 11.6 Å². The van der Waals surface area contributed by atoms with Crippen molar-refractivity contribution in [2.75, 3.05) is 11.9 Å². The number of nitrogens with zero attached hydrogens (tertiary/aromatic N) is 3. The van der Waals surface area contributed by atoms with Crippen LogP contribution in [0.3, 0.4) is 0 Å². The van der Waals surface area contributed by atoms with Gasteiger partial charge in [-0.2, -0.15) is 0 Å². The summed E-state index contributed by atoms with van der Waals surface area (Å²) >= 11 is 1.33. The lowest BCUT2D eigenvalue weighted by molar-refractivity contribution is -0.384. The predicted molar refractivity (Wildman–Crippen MR) is 80.5 cm³/mol. The van der Waals surface area contributed by atoms with Gasteiger partial charge in [-0.1, -0.05) is 0 Å². The molecule has 1 aromatic carbocycles. The summed E-state index contributed by atoms with van der Waals surface area (Å²) in [5.41, 5.74) is 6.57. The van der Waals surface area contributed by atoms with Crippen LogP contribution in [0.15, 0.2) is 29.6 Å². The van der Waals surface area contributed by atoms with E-state index in [9.17, 15) is 14.9 Å². The number of nitro groups is 1. The molecule has 0 fully saturated rings. The molecule has 21 heavy (non-hydrogen) atoms. The minimum absolute atomic E-state index is 0.0208. The summed E-state index contributed by atoms with van der Waals surface area (Å²) in [4.78, 5) is 28.0. The van der Waals surface area contributed by atoms with Crippen molar-refractivity contribution in [3.05, 3.63) is 50.5 Å². The number of carbonyl (C=O) groups excluding carboxylic acids is 1. The highest BCUT2D eigenvalue weighted by molar-refractivity contribution is 7.09. The van der Waals surface area contributed by atoms with Crippen molar-refractivity contribution in [1.82, 2.24) is 4.98 Å². The molecule has 2 rings (SSSR count). The van der Waals surface area contributed by atoms with Crippen molar-refractivity contribution in [2.24, 2.45) is 5.73 Å². The highest BCUT2D eigenvalue weighted by Crippen LogP contribution is 2.21. The molecule has 2 N–H and O–H groups in total. The van der Waals surface area contributed by atoms with Crippen LogP contribution in [0.4, 0.5) is 11.4 Å². The van der Waals surface area contributed by atoms with Crippen molar-refractivity contribution < 1.29 is 9.72 Å². The Labute approximate surface area is 125 Å². The molecule has 0 aliphatic heterocycles. The molecule has 7 nitrogen and oxygen atoms in total. The van der Waals surface area contributed by atoms with Gasteiger partial charge in [-0.05, 0) is 19.1 Å². The monoisotopic (exact) mass is 306 g/mol. The maximum atomic E-state index is 12.3. The molecule has 8 heteroatoms. The van der Waals surface area contributed by atoms with Crippen LogP contribution in [0.5, 0.6) is 0 Å². The molecular formula is C13H14N4O3S. The van der Waals surface area contributed by atoms with Gasteiger partial charge in [0.15, 0.2) is 0 Å². The first-order chi connectivity index (χ1) is 9.90. The van der Waals surface area contributed by atoms with Crippen molar-refractivity contribution >= 4 is 28.6 Å². The Morgan fingerprint density at radius 2 is 2.05 bits per heavy atom. The molecule has 1 amide bonds. The zero-order chi connectivity index (χ0) is 15.6. The van der Waals surface area contributed by atoms with Crippen molar-refractivity contribution in [1.29, 1.82) is 0 Å². The van der Waals surface area contributed by atoms with Gasteiger partial charge >= 0.3 is 0 Å². The minimum Gasteiger partial charge on any atom is -0.322 e. The zero-order valence-corrected chi connectivity index (χ0v) is 12.3. The van der Waals surface area contributed by atoms with Crippen LogP contribution in [0.25, 0.3) is 0 Å². The van der Waals surface area contributed by atoms with E-state index < -0.39 is 4.92 Å². The van der Waals surface area contributed by atoms with Gasteiger partial charge < -0.3 is 10.6 Å². The molecule has 0 saturated carbocycles. The Kier molecular flexibility index (Phi) is 4.29. The van der Waals surface area contributed by atoms with Gasteiger partial charge in [-0.25, -0.2) is 4.98 Å². The SMILES string of the molecule is CC(N)c1nc(C(=O)N(C)c2ccc([N+](=O)[O-])cc2)cs1. The van der Waals surface area contributed by atoms with Crippen LogP contribution in [-0.4, -0.2) is 22.9 Å². The molecular weight excluding hydrogens is 292 g/mol. The van der Waals surface area contributed by atoms with E-state index >= 15 is 0 Å². The van der Waals surface area contributed by atoms with Gasteiger partial charge in [0.05, 0.1) is 11.0 Å². The number of aromatic nitrogens is 1. The predicted octanol–water partition coefficient (Wildman–Crippen LogP) is 2.35. The third-order valence-corrected chi connectivity index (χ3v) is 3.93. The van der Waals surface area contributed by atoms with E-state index in [0.717, 1.165) is 0 Å². The molecule has 1 aromatic heterocycles. The third kappa shape index (κ3) is 3.23. The summed E-state index contributed by atoms with van der Waals surface area (Å²) in [6.45, 7) is 1.80. The lowest BCUT2D eigenvalue weighted by Crippen LogP contribution is -2.26. The van der Waals surface area contributed by atoms with Crippen LogP contribution in [0.2, 0.25) is 0 Å². The highest BCUT2D eigenvalue weighted by Gasteiger charge is 2.18. The molecule has 1 atom stereocenters. The number of benzene rings is 1. The summed E-state index contributed by atoms with van der Waals surface area (Å²) in [7, 11) is 1.59. The fourth-order valence-electron chi connectivity index (χ4n) is 1.68. The molecule has 0 saturated heterocycles. The molecule has 0 radical (unpaired) electrons. The maximum absolute atomic E-state index is 12.3. The normalized spacial score (nSPS) is 12.0. The smallest absolute Gasteiger partial charge is 0.277 e. The molecule has 0 bridgehead atoms. The molecule has 0 aliphatic rings. The second-order valence-electron chi connectivity index (χ2n) is 4.50. The maximum Gasteiger partial charge on any atom is 0.277 e. The number of hydrogen-bond donors (Lipinski definition) is 1. The number of rotatable bonds is 4. The second-order valence-corrected chi connectivity index (χ2v) is 5.39. The van der Waals surface area contributed by atoms with Crippen LogP contribution in [0, 0.1) is 10.1 Å². The van der Waals surface area contributed by atoms with Gasteiger partial charge in [-0.3, -0.25) is 14.9 Å². The number of anilines is 1. The highest BCUT2D eigenvalue weighted by atomic mass is 32.1. The Morgan fingerprint density at radius 1 is 1.43 bits per heavy atom. The number of hydrogen-bond acceptors (Lipinski definition) is 6. The van der Waals surface area contributed by atoms with Gasteiger partial charge in [0.1, 0.15) is 10.7 Å². The van der Waals surface area contributed by atoms with Crippen molar-refractivity contribution in [3.63, 3.8) is 0 Å². The first kappa shape index (κ1) is 15.1. The first-order valence-corrected chi connectivity index (χ1v) is 7.01. The van der Waals surface area contributed by atoms with Crippen LogP contribution < -0.4 is 10.6 Å². The summed E-state index contributed by atoms with van der Waals surface area (Å²) in [6, 6.07) is 5.53. The van der Waals surface area contributed by atoms with Gasteiger partial charge in [-0.15, -0.1) is 11.3 Å². The number of amides is 1. The third-order valence-electron chi connectivity index (χ3n) is 2.88. The van der Waals surface area contributed by atoms with Crippen LogP contribution in [0.1, 0.15) is 28.5 Å². The van der Waals surface area contributed by atoms with E-state index in [-0.39, 0.29) is 17.6 Å². The number of nitrogens with two attached hydrogens (primary N) is 1. The zero-order valence-electron chi connectivity index (χ0n) is 11.5. The number of nitro benzene ring substituents is 1. The summed E-state index contributed by atoms with van der Waals surface area (Å²) in [5, 5.41) is 13.0. The summed E-state index contributed by atoms with van der Waals surface area (Å²) in [6.07, 6.45) is 0. The average molecular weight is 306 g/mol. The molecule has 1 heterocycles. The van der Waals surface area contributed by atoms with Crippen LogP contribution >= 0.6 is 11.3 Å². The molecule has 0 aliphatic carbocycles. The standard InChI is InChI=1S/C13H14N4O3S/c1-8(14)12-15-11(7-21-12)13(18)16(2)9-3-5-10(6-4-9)17(19)20/h3-8H,14H2,1-2H3. The quantitative estimate of drug-likeness (QED) is 0.690. The number of carbonyl (C=O) groups is 1. The lowest BCUT2D eigenvalue weighted by Gasteiger charge is -2.15. The fourth-order valence-corrected chi connectivity index (χ4v) is 2.43. The Balaban J connectivity index is 2.19. The molecule has 2 aromatic rings. The second kappa shape index (κ2) is 5.98. The first-order valence-electron chi connectivity index (χ1n) is 6.13. The largest absolute Gasteiger partial charge is 0.322 e. The van der Waals surface area contributed by atoms with Gasteiger partial charge in [0.2, 0.25) is 0 Å². The van der Waals surface area contributed by atoms with E-state index in [1.165, 1.54) is 40.5 Å². The molecule has 110 valence electrons. The number of thiazole rings is 1. The fraction of sp³-hybridized carbons (Fsp3) is 0.231.